The first-order valence-electron chi connectivity index (χ1n) is 6.18. The highest BCUT2D eigenvalue weighted by Crippen LogP contribution is 2.19. The molecule has 0 spiro atoms. The van der Waals surface area contributed by atoms with Gasteiger partial charge in [-0.25, -0.2) is 0 Å². The molecule has 1 N–H and O–H groups in total. The smallest absolute Gasteiger partial charge is 0.269 e. The van der Waals surface area contributed by atoms with Gasteiger partial charge in [-0.2, -0.15) is 0 Å². The molecule has 1 atom stereocenters. The normalized spacial score (nSPS) is 11.7. The van der Waals surface area contributed by atoms with E-state index in [1.54, 1.807) is 0 Å². The molecule has 20 heavy (non-hydrogen) atoms. The summed E-state index contributed by atoms with van der Waals surface area (Å²) < 4.78 is 0. The van der Waals surface area contributed by atoms with Crippen LogP contribution in [0.15, 0.2) is 54.6 Å². The van der Waals surface area contributed by atoms with E-state index in [-0.39, 0.29) is 17.5 Å². The molecule has 0 aromatic heterocycles. The van der Waals surface area contributed by atoms with Crippen LogP contribution in [-0.2, 0) is 4.79 Å². The summed E-state index contributed by atoms with van der Waals surface area (Å²) >= 11 is 0. The Hall–Kier alpha value is -2.69. The maximum Gasteiger partial charge on any atom is 0.269 e. The van der Waals surface area contributed by atoms with Gasteiger partial charge in [-0.05, 0) is 24.6 Å². The number of non-ortho nitro benzene ring substituents is 1. The lowest BCUT2D eigenvalue weighted by Gasteiger charge is -2.12. The fraction of sp³-hybridized carbons (Fsp3) is 0.133. The molecule has 2 rings (SSSR count). The number of anilines is 1. The number of rotatable bonds is 4. The first-order valence-corrected chi connectivity index (χ1v) is 6.18. The standard InChI is InChI=1S/C15H14N2O3/c1-11(12-5-3-2-4-6-12)15(18)16-13-7-9-14(10-8-13)17(19)20/h2-11H,1H3,(H,16,18)/t11-/m0/s1. The number of nitrogens with one attached hydrogen (secondary N) is 1. The van der Waals surface area contributed by atoms with Crippen molar-refractivity contribution in [2.24, 2.45) is 0 Å². The third-order valence-electron chi connectivity index (χ3n) is 3.04. The first-order chi connectivity index (χ1) is 9.58. The molecule has 0 bridgehead atoms. The Labute approximate surface area is 116 Å². The van der Waals surface area contributed by atoms with Gasteiger partial charge >= 0.3 is 0 Å². The number of nitrogens with zero attached hydrogens (tertiary/aromatic N) is 1. The van der Waals surface area contributed by atoms with Gasteiger partial charge in [-0.3, -0.25) is 14.9 Å². The van der Waals surface area contributed by atoms with Gasteiger partial charge in [0.25, 0.3) is 5.69 Å². The largest absolute Gasteiger partial charge is 0.326 e. The molecule has 0 aliphatic heterocycles. The van der Waals surface area contributed by atoms with Gasteiger partial charge in [-0.1, -0.05) is 30.3 Å². The van der Waals surface area contributed by atoms with Crippen LogP contribution < -0.4 is 5.32 Å². The Morgan fingerprint density at radius 3 is 2.25 bits per heavy atom. The summed E-state index contributed by atoms with van der Waals surface area (Å²) in [5, 5.41) is 13.3. The number of benzene rings is 2. The van der Waals surface area contributed by atoms with Gasteiger partial charge < -0.3 is 5.32 Å². The molecule has 0 radical (unpaired) electrons. The van der Waals surface area contributed by atoms with Gasteiger partial charge in [-0.15, -0.1) is 0 Å². The van der Waals surface area contributed by atoms with Gasteiger partial charge in [0, 0.05) is 17.8 Å². The van der Waals surface area contributed by atoms with Crippen LogP contribution >= 0.6 is 0 Å². The van der Waals surface area contributed by atoms with Crippen LogP contribution in [0.25, 0.3) is 0 Å². The number of nitro benzene ring substituents is 1. The minimum atomic E-state index is -0.474. The molecule has 2 aromatic carbocycles. The van der Waals surface area contributed by atoms with Crippen molar-refractivity contribution in [3.05, 3.63) is 70.3 Å². The Balaban J connectivity index is 2.06. The van der Waals surface area contributed by atoms with Gasteiger partial charge in [0.2, 0.25) is 5.91 Å². The lowest BCUT2D eigenvalue weighted by Crippen LogP contribution is -2.18. The average molecular weight is 270 g/mol. The third kappa shape index (κ3) is 3.20. The zero-order chi connectivity index (χ0) is 14.5. The van der Waals surface area contributed by atoms with Crippen LogP contribution in [0.3, 0.4) is 0 Å². The summed E-state index contributed by atoms with van der Waals surface area (Å²) in [5.41, 5.74) is 1.47. The summed E-state index contributed by atoms with van der Waals surface area (Å²) in [5.74, 6) is -0.434. The molecule has 102 valence electrons. The summed E-state index contributed by atoms with van der Waals surface area (Å²) in [6, 6.07) is 15.2. The minimum Gasteiger partial charge on any atom is -0.326 e. The quantitative estimate of drug-likeness (QED) is 0.684. The molecule has 0 heterocycles. The van der Waals surface area contributed by atoms with Crippen molar-refractivity contribution >= 4 is 17.3 Å². The molecule has 0 fully saturated rings. The van der Waals surface area contributed by atoms with Crippen molar-refractivity contribution < 1.29 is 9.72 Å². The van der Waals surface area contributed by atoms with Crippen molar-refractivity contribution in [3.8, 4) is 0 Å². The van der Waals surface area contributed by atoms with Gasteiger partial charge in [0.05, 0.1) is 10.8 Å². The molecule has 0 unspecified atom stereocenters. The molecule has 5 heteroatoms. The van der Waals surface area contributed by atoms with Crippen molar-refractivity contribution in [1.29, 1.82) is 0 Å². The Morgan fingerprint density at radius 1 is 1.10 bits per heavy atom. The fourth-order valence-corrected chi connectivity index (χ4v) is 1.81. The number of amides is 1. The van der Waals surface area contributed by atoms with Crippen molar-refractivity contribution in [1.82, 2.24) is 0 Å². The zero-order valence-corrected chi connectivity index (χ0v) is 10.9. The number of carbonyl (C=O) groups is 1. The van der Waals surface area contributed by atoms with Crippen LogP contribution in [0.5, 0.6) is 0 Å². The Morgan fingerprint density at radius 2 is 1.70 bits per heavy atom. The monoisotopic (exact) mass is 270 g/mol. The molecular formula is C15H14N2O3. The SMILES string of the molecule is C[C@H](C(=O)Nc1ccc([N+](=O)[O-])cc1)c1ccccc1. The first kappa shape index (κ1) is 13.7. The van der Waals surface area contributed by atoms with E-state index in [0.717, 1.165) is 5.56 Å². The highest BCUT2D eigenvalue weighted by Gasteiger charge is 2.15. The van der Waals surface area contributed by atoms with Crippen LogP contribution in [0.2, 0.25) is 0 Å². The predicted molar refractivity (Wildman–Crippen MR) is 76.6 cm³/mol. The molecule has 1 amide bonds. The molecule has 0 saturated carbocycles. The van der Waals surface area contributed by atoms with Crippen LogP contribution in [0.1, 0.15) is 18.4 Å². The van der Waals surface area contributed by atoms with Gasteiger partial charge in [0.15, 0.2) is 0 Å². The number of hydrogen-bond donors (Lipinski definition) is 1. The highest BCUT2D eigenvalue weighted by atomic mass is 16.6. The van der Waals surface area contributed by atoms with Crippen molar-refractivity contribution in [2.45, 2.75) is 12.8 Å². The molecule has 5 nitrogen and oxygen atoms in total. The Kier molecular flexibility index (Phi) is 4.10. The maximum atomic E-state index is 12.1. The summed E-state index contributed by atoms with van der Waals surface area (Å²) in [6.45, 7) is 1.82. The van der Waals surface area contributed by atoms with Crippen LogP contribution in [0.4, 0.5) is 11.4 Å². The molecule has 0 aliphatic rings. The molecular weight excluding hydrogens is 256 g/mol. The van der Waals surface area contributed by atoms with E-state index in [2.05, 4.69) is 5.32 Å². The number of nitro groups is 1. The second-order valence-corrected chi connectivity index (χ2v) is 4.43. The van der Waals surface area contributed by atoms with Crippen LogP contribution in [-0.4, -0.2) is 10.8 Å². The molecule has 0 saturated heterocycles. The average Bonchev–Trinajstić information content (AvgIpc) is 2.48. The number of carbonyl (C=O) groups excluding carboxylic acids is 1. The summed E-state index contributed by atoms with van der Waals surface area (Å²) in [4.78, 5) is 22.2. The minimum absolute atomic E-state index is 0.000827. The number of hydrogen-bond acceptors (Lipinski definition) is 3. The predicted octanol–water partition coefficient (Wildman–Crippen LogP) is 3.34. The van der Waals surface area contributed by atoms with E-state index in [0.29, 0.717) is 5.69 Å². The lowest BCUT2D eigenvalue weighted by atomic mass is 10.0. The van der Waals surface area contributed by atoms with E-state index in [4.69, 9.17) is 0 Å². The highest BCUT2D eigenvalue weighted by molar-refractivity contribution is 5.95. The van der Waals surface area contributed by atoms with E-state index in [1.165, 1.54) is 24.3 Å². The summed E-state index contributed by atoms with van der Waals surface area (Å²) in [7, 11) is 0. The van der Waals surface area contributed by atoms with E-state index >= 15 is 0 Å². The second kappa shape index (κ2) is 5.97. The van der Waals surface area contributed by atoms with E-state index in [1.807, 2.05) is 37.3 Å². The van der Waals surface area contributed by atoms with Gasteiger partial charge in [0.1, 0.15) is 0 Å². The second-order valence-electron chi connectivity index (χ2n) is 4.43. The summed E-state index contributed by atoms with van der Waals surface area (Å²) in [6.07, 6.45) is 0. The molecule has 2 aromatic rings. The van der Waals surface area contributed by atoms with E-state index < -0.39 is 4.92 Å². The van der Waals surface area contributed by atoms with Crippen LogP contribution in [0, 0.1) is 10.1 Å². The molecule has 0 aliphatic carbocycles. The fourth-order valence-electron chi connectivity index (χ4n) is 1.81. The lowest BCUT2D eigenvalue weighted by molar-refractivity contribution is -0.384. The third-order valence-corrected chi connectivity index (χ3v) is 3.04. The van der Waals surface area contributed by atoms with Crippen molar-refractivity contribution in [2.75, 3.05) is 5.32 Å². The Bertz CT molecular complexity index is 609. The van der Waals surface area contributed by atoms with E-state index in [9.17, 15) is 14.9 Å². The van der Waals surface area contributed by atoms with Crippen molar-refractivity contribution in [3.63, 3.8) is 0 Å². The topological polar surface area (TPSA) is 72.2 Å². The zero-order valence-electron chi connectivity index (χ0n) is 10.9. The maximum absolute atomic E-state index is 12.1.